The lowest BCUT2D eigenvalue weighted by molar-refractivity contribution is 0.0736. The normalized spacial score (nSPS) is 22.8. The Balaban J connectivity index is 1.21. The Morgan fingerprint density at radius 1 is 1.24 bits per heavy atom. The van der Waals surface area contributed by atoms with Crippen LogP contribution in [0.5, 0.6) is 0 Å². The summed E-state index contributed by atoms with van der Waals surface area (Å²) in [5.74, 6) is 1.88. The molecule has 1 amide bonds. The Bertz CT molecular complexity index is 1010. The molecule has 0 bridgehead atoms. The Kier molecular flexibility index (Phi) is 6.42. The zero-order valence-electron chi connectivity index (χ0n) is 20.7. The molecule has 1 aromatic carbocycles. The molecule has 5 rings (SSSR count). The van der Waals surface area contributed by atoms with Crippen LogP contribution in [0.2, 0.25) is 0 Å². The number of fused-ring (bicyclic) bond motifs is 1. The number of aryl methyl sites for hydroxylation is 1. The minimum absolute atomic E-state index is 0.0165. The van der Waals surface area contributed by atoms with Gasteiger partial charge < -0.3 is 21.1 Å². The van der Waals surface area contributed by atoms with Crippen molar-refractivity contribution in [2.45, 2.75) is 76.9 Å². The van der Waals surface area contributed by atoms with Gasteiger partial charge in [0.15, 0.2) is 0 Å². The number of carbonyl (C=O) groups excluding carboxylic acids is 1. The predicted molar refractivity (Wildman–Crippen MR) is 134 cm³/mol. The molecule has 3 aliphatic carbocycles. The van der Waals surface area contributed by atoms with Gasteiger partial charge in [0.2, 0.25) is 0 Å². The number of benzene rings is 1. The van der Waals surface area contributed by atoms with Gasteiger partial charge in [-0.3, -0.25) is 9.48 Å². The Labute approximate surface area is 202 Å². The van der Waals surface area contributed by atoms with Gasteiger partial charge >= 0.3 is 0 Å². The number of carbonyl (C=O) groups is 1. The van der Waals surface area contributed by atoms with Crippen molar-refractivity contribution in [3.05, 3.63) is 47.3 Å². The van der Waals surface area contributed by atoms with Crippen LogP contribution in [-0.4, -0.2) is 35.1 Å². The van der Waals surface area contributed by atoms with E-state index in [0.29, 0.717) is 36.8 Å². The molecule has 0 radical (unpaired) electrons. The van der Waals surface area contributed by atoms with Gasteiger partial charge in [-0.05, 0) is 106 Å². The average Bonchev–Trinajstić information content (AvgIpc) is 3.73. The highest BCUT2D eigenvalue weighted by Gasteiger charge is 2.46. The van der Waals surface area contributed by atoms with Gasteiger partial charge in [-0.1, -0.05) is 6.07 Å². The number of nitrogens with two attached hydrogens (primary N) is 1. The molecule has 1 heterocycles. The molecule has 2 saturated carbocycles. The van der Waals surface area contributed by atoms with E-state index in [4.69, 9.17) is 10.5 Å². The van der Waals surface area contributed by atoms with Gasteiger partial charge in [0.05, 0.1) is 12.6 Å². The number of nitrogens with zero attached hydrogens (tertiary/aromatic N) is 2. The molecule has 0 spiro atoms. The fourth-order valence-corrected chi connectivity index (χ4v) is 5.72. The second-order valence-electron chi connectivity index (χ2n) is 11.1. The molecule has 2 atom stereocenters. The van der Waals surface area contributed by atoms with E-state index in [0.717, 1.165) is 18.5 Å². The minimum Gasteiger partial charge on any atom is -0.363 e. The highest BCUT2D eigenvalue weighted by atomic mass is 16.5. The number of anilines is 1. The first-order valence-electron chi connectivity index (χ1n) is 12.9. The molecular weight excluding hydrogens is 426 g/mol. The van der Waals surface area contributed by atoms with E-state index in [9.17, 15) is 4.79 Å². The van der Waals surface area contributed by atoms with Gasteiger partial charge in [-0.15, -0.1) is 0 Å². The van der Waals surface area contributed by atoms with Crippen LogP contribution in [0, 0.1) is 17.8 Å². The van der Waals surface area contributed by atoms with Crippen molar-refractivity contribution in [3.63, 3.8) is 0 Å². The lowest BCUT2D eigenvalue weighted by Gasteiger charge is -2.28. The molecule has 34 heavy (non-hydrogen) atoms. The summed E-state index contributed by atoms with van der Waals surface area (Å²) in [7, 11) is 0. The number of hydrogen-bond acceptors (Lipinski definition) is 5. The summed E-state index contributed by atoms with van der Waals surface area (Å²) in [5, 5.41) is 11.1. The number of hydrogen-bond donors (Lipinski definition) is 3. The molecule has 0 aliphatic heterocycles. The van der Waals surface area contributed by atoms with Crippen molar-refractivity contribution in [1.82, 2.24) is 15.1 Å². The van der Waals surface area contributed by atoms with Crippen LogP contribution in [-0.2, 0) is 16.7 Å². The molecule has 7 nitrogen and oxygen atoms in total. The van der Waals surface area contributed by atoms with Gasteiger partial charge in [-0.2, -0.15) is 5.10 Å². The Hall–Kier alpha value is -2.38. The number of amides is 1. The van der Waals surface area contributed by atoms with E-state index in [1.807, 2.05) is 13.8 Å². The number of aromatic nitrogens is 2. The third-order valence-electron chi connectivity index (χ3n) is 7.82. The molecule has 7 heteroatoms. The lowest BCUT2D eigenvalue weighted by atomic mass is 9.89. The van der Waals surface area contributed by atoms with Crippen LogP contribution in [0.1, 0.15) is 80.5 Å². The van der Waals surface area contributed by atoms with E-state index in [-0.39, 0.29) is 23.5 Å². The van der Waals surface area contributed by atoms with Crippen LogP contribution >= 0.6 is 0 Å². The molecule has 0 saturated heterocycles. The van der Waals surface area contributed by atoms with Crippen molar-refractivity contribution in [2.24, 2.45) is 23.5 Å². The fourth-order valence-electron chi connectivity index (χ4n) is 5.72. The first kappa shape index (κ1) is 23.4. The summed E-state index contributed by atoms with van der Waals surface area (Å²) in [6.45, 7) is 7.11. The second kappa shape index (κ2) is 9.34. The van der Waals surface area contributed by atoms with Crippen molar-refractivity contribution in [2.75, 3.05) is 18.7 Å². The topological polar surface area (TPSA) is 94.2 Å². The highest BCUT2D eigenvalue weighted by Crippen LogP contribution is 2.50. The van der Waals surface area contributed by atoms with E-state index < -0.39 is 0 Å². The molecule has 4 N–H and O–H groups in total. The number of nitrogens with one attached hydrogen (secondary N) is 2. The quantitative estimate of drug-likeness (QED) is 0.341. The smallest absolute Gasteiger partial charge is 0.269 e. The van der Waals surface area contributed by atoms with Crippen LogP contribution in [0.15, 0.2) is 30.5 Å². The predicted octanol–water partition coefficient (Wildman–Crippen LogP) is 4.20. The maximum absolute atomic E-state index is 13.2. The maximum Gasteiger partial charge on any atom is 0.269 e. The monoisotopic (exact) mass is 465 g/mol. The highest BCUT2D eigenvalue weighted by molar-refractivity contribution is 5.92. The minimum atomic E-state index is -0.221. The Morgan fingerprint density at radius 3 is 2.65 bits per heavy atom. The SMILES string of the molecule is CC(C)n1nccc1C(=O)N[C@H](COCNc1ccc2c(c1)CC[C@]2(C)N)C(C1CC1)C1CC1. The van der Waals surface area contributed by atoms with Gasteiger partial charge in [0.1, 0.15) is 12.4 Å². The standard InChI is InChI=1S/C27H39N5O2/c1-17(2)32-24(11-13-30-32)26(33)31-23(25(18-4-5-18)19-6-7-19)15-34-16-29-21-8-9-22-20(14-21)10-12-27(22,3)28/h8-9,11,13-14,17-19,23,25,29H,4-7,10,12,15-16,28H2,1-3H3,(H,31,33)/t23-,27+/m1/s1. The van der Waals surface area contributed by atoms with E-state index in [1.54, 1.807) is 16.9 Å². The molecule has 184 valence electrons. The summed E-state index contributed by atoms with van der Waals surface area (Å²) in [4.78, 5) is 13.2. The van der Waals surface area contributed by atoms with E-state index in [2.05, 4.69) is 40.9 Å². The van der Waals surface area contributed by atoms with Gasteiger partial charge in [-0.25, -0.2) is 0 Å². The zero-order valence-corrected chi connectivity index (χ0v) is 20.7. The van der Waals surface area contributed by atoms with Crippen molar-refractivity contribution >= 4 is 11.6 Å². The molecule has 1 aromatic heterocycles. The third-order valence-corrected chi connectivity index (χ3v) is 7.82. The van der Waals surface area contributed by atoms with Crippen molar-refractivity contribution in [3.8, 4) is 0 Å². The van der Waals surface area contributed by atoms with Crippen molar-refractivity contribution in [1.29, 1.82) is 0 Å². The zero-order chi connectivity index (χ0) is 23.9. The summed E-state index contributed by atoms with van der Waals surface area (Å²) >= 11 is 0. The van der Waals surface area contributed by atoms with E-state index >= 15 is 0 Å². The summed E-state index contributed by atoms with van der Waals surface area (Å²) in [6, 6.07) is 8.38. The summed E-state index contributed by atoms with van der Waals surface area (Å²) < 4.78 is 7.91. The van der Waals surface area contributed by atoms with Crippen molar-refractivity contribution < 1.29 is 9.53 Å². The number of rotatable bonds is 11. The third kappa shape index (κ3) is 5.01. The summed E-state index contributed by atoms with van der Waals surface area (Å²) in [5.41, 5.74) is 10.4. The largest absolute Gasteiger partial charge is 0.363 e. The number of ether oxygens (including phenoxy) is 1. The fraction of sp³-hybridized carbons (Fsp3) is 0.630. The van der Waals surface area contributed by atoms with Crippen LogP contribution in [0.4, 0.5) is 5.69 Å². The lowest BCUT2D eigenvalue weighted by Crippen LogP contribution is -2.46. The average molecular weight is 466 g/mol. The molecular formula is C27H39N5O2. The van der Waals surface area contributed by atoms with Crippen LogP contribution in [0.25, 0.3) is 0 Å². The molecule has 0 unspecified atom stereocenters. The van der Waals surface area contributed by atoms with Crippen LogP contribution < -0.4 is 16.4 Å². The van der Waals surface area contributed by atoms with E-state index in [1.165, 1.54) is 36.8 Å². The Morgan fingerprint density at radius 2 is 1.97 bits per heavy atom. The first-order chi connectivity index (χ1) is 16.3. The first-order valence-corrected chi connectivity index (χ1v) is 12.9. The van der Waals surface area contributed by atoms with Gasteiger partial charge in [0, 0.05) is 23.5 Å². The molecule has 2 aromatic rings. The molecule has 2 fully saturated rings. The maximum atomic E-state index is 13.2. The second-order valence-corrected chi connectivity index (χ2v) is 11.1. The van der Waals surface area contributed by atoms with Gasteiger partial charge in [0.25, 0.3) is 5.91 Å². The molecule has 3 aliphatic rings. The van der Waals surface area contributed by atoms with Crippen LogP contribution in [0.3, 0.4) is 0 Å². The summed E-state index contributed by atoms with van der Waals surface area (Å²) in [6.07, 6.45) is 8.78.